The number of aliphatic carboxylic acids is 2. The van der Waals surface area contributed by atoms with Gasteiger partial charge in [0.1, 0.15) is 78.8 Å². The monoisotopic (exact) mass is 1840 g/mol. The van der Waals surface area contributed by atoms with E-state index in [-0.39, 0.29) is 109 Å². The van der Waals surface area contributed by atoms with Crippen LogP contribution in [0.5, 0.6) is 5.75 Å². The van der Waals surface area contributed by atoms with Gasteiger partial charge in [-0.3, -0.25) is 81.5 Å². The maximum absolute atomic E-state index is 15.9. The maximum atomic E-state index is 15.9. The number of unbranched alkanes of at least 4 members (excludes halogenated alkanes) is 2. The molecule has 4 aliphatic heterocycles. The molecule has 720 valence electrons. The van der Waals surface area contributed by atoms with E-state index in [1.807, 2.05) is 27.7 Å². The van der Waals surface area contributed by atoms with E-state index < -0.39 is 243 Å². The average molecular weight is 1840 g/mol. The molecule has 3 aromatic carbocycles. The summed E-state index contributed by atoms with van der Waals surface area (Å²) in [7, 11) is 4.26. The Kier molecular flexibility index (Phi) is 38.5. The van der Waals surface area contributed by atoms with Crippen LogP contribution >= 0.6 is 0 Å². The van der Waals surface area contributed by atoms with Gasteiger partial charge in [0, 0.05) is 119 Å². The molecular formula is C92H131N19O21. The van der Waals surface area contributed by atoms with E-state index in [1.54, 1.807) is 79.0 Å². The van der Waals surface area contributed by atoms with Crippen LogP contribution in [0.2, 0.25) is 0 Å². The van der Waals surface area contributed by atoms with Gasteiger partial charge in [-0.05, 0) is 137 Å². The summed E-state index contributed by atoms with van der Waals surface area (Å²) in [5, 5.41) is 54.5. The number of carboxylic acid groups (broad SMARTS) is 2. The van der Waals surface area contributed by atoms with Crippen molar-refractivity contribution in [3.05, 3.63) is 102 Å². The lowest BCUT2D eigenvalue weighted by Gasteiger charge is -2.38. The zero-order chi connectivity index (χ0) is 96.3. The van der Waals surface area contributed by atoms with Crippen LogP contribution in [0.15, 0.2) is 85.2 Å². The van der Waals surface area contributed by atoms with Crippen LogP contribution < -0.4 is 70.2 Å². The molecule has 9 rings (SSSR count). The predicted octanol–water partition coefficient (Wildman–Crippen LogP) is -0.0879. The number of hydrogen-bond donors (Lipinski definition) is 16. The van der Waals surface area contributed by atoms with Gasteiger partial charge in [-0.1, -0.05) is 102 Å². The molecule has 2 aromatic heterocycles. The number of carbonyl (C=O) groups excluding carboxylic acids is 15. The lowest BCUT2D eigenvalue weighted by Crippen LogP contribution is -2.62. The Morgan fingerprint density at radius 3 is 1.76 bits per heavy atom. The Hall–Kier alpha value is -12.4. The standard InChI is InChI=1S/C92H131N19O21/c1-8-10-24-71-85(124)101-65(40-52(3)4)82(121)97-37-18-22-61(95)81(120)102-66(41-53-29-31-58(132-7)32-30-53)90(129)109-38-17-16-27-72(109)86(125)104-68(46-77(96)114)91(130)110-39-19-28-73(110)87(126)105-69(47-94)84(123)100-64(33-34-78(115)116)89(128)111-50-57(112)45-75(111)76(113)44-54(42-55-48-98-62-23-14-12-20-59(55)62)80(119)99-63(35-36-93)83(122)103-67(88(127)107(6)74(25-11-9-2)92(131)106(71)5)43-56-49-108(51-79(117)118)70-26-15-13-21-60(56)70/h12-15,20-21,23,26,29-32,48-49,52,54,57,61,63-69,71-75,98,112H,8-11,16-19,22,24-25,27-28,33-47,50-51,93-95H2,1-7H3,(H2,96,114)(H,97,121)(H,99,119)(H,100,123)(H,101,124)(H,102,120)(H,103,122)(H,104,125)(H,105,126)(H,115,116)(H,117,118)/t54-,57-,61+,63+,64+,65+,66+,67+,68+,69+,71+,72+,73+,74+,75+/m1/s1. The van der Waals surface area contributed by atoms with Gasteiger partial charge in [0.25, 0.3) is 0 Å². The van der Waals surface area contributed by atoms with E-state index in [0.717, 1.165) is 9.80 Å². The minimum atomic E-state index is -1.80. The van der Waals surface area contributed by atoms with Crippen molar-refractivity contribution in [3.8, 4) is 5.75 Å². The molecule has 5 aromatic rings. The number of ether oxygens (including phenoxy) is 1. The molecule has 132 heavy (non-hydrogen) atoms. The number of carbonyl (C=O) groups is 17. The van der Waals surface area contributed by atoms with Crippen LogP contribution in [0.1, 0.15) is 173 Å². The van der Waals surface area contributed by atoms with E-state index in [2.05, 4.69) is 47.5 Å². The molecular weight excluding hydrogens is 1710 g/mol. The first-order valence-corrected chi connectivity index (χ1v) is 45.7. The molecule has 20 N–H and O–H groups in total. The third-order valence-corrected chi connectivity index (χ3v) is 25.0. The fourth-order valence-electron chi connectivity index (χ4n) is 17.9. The lowest BCUT2D eigenvalue weighted by molar-refractivity contribution is -0.149. The van der Waals surface area contributed by atoms with E-state index in [1.165, 1.54) is 46.7 Å². The number of hydrogen-bond acceptors (Lipinski definition) is 22. The number of amides is 14. The van der Waals surface area contributed by atoms with Crippen molar-refractivity contribution in [2.75, 3.05) is 60.5 Å². The summed E-state index contributed by atoms with van der Waals surface area (Å²) in [6, 6.07) is 1.36. The Morgan fingerprint density at radius 1 is 0.538 bits per heavy atom. The van der Waals surface area contributed by atoms with Gasteiger partial charge in [-0.25, -0.2) is 0 Å². The first kappa shape index (κ1) is 103. The fourth-order valence-corrected chi connectivity index (χ4v) is 17.9. The number of ketones is 1. The second-order valence-corrected chi connectivity index (χ2v) is 35.2. The highest BCUT2D eigenvalue weighted by Crippen LogP contribution is 2.31. The number of carboxylic acids is 2. The highest BCUT2D eigenvalue weighted by atomic mass is 16.5. The number of para-hydroxylation sites is 2. The molecule has 0 saturated carbocycles. The highest BCUT2D eigenvalue weighted by molar-refractivity contribution is 6.02. The van der Waals surface area contributed by atoms with Gasteiger partial charge >= 0.3 is 11.9 Å². The largest absolute Gasteiger partial charge is 0.497 e. The van der Waals surface area contributed by atoms with E-state index in [4.69, 9.17) is 27.7 Å². The van der Waals surface area contributed by atoms with Crippen molar-refractivity contribution >= 4 is 122 Å². The predicted molar refractivity (Wildman–Crippen MR) is 484 cm³/mol. The molecule has 0 bridgehead atoms. The summed E-state index contributed by atoms with van der Waals surface area (Å²) in [4.78, 5) is 257. The number of fused-ring (bicyclic) bond motifs is 5. The molecule has 4 fully saturated rings. The van der Waals surface area contributed by atoms with Crippen LogP contribution in [-0.2, 0) is 107 Å². The maximum Gasteiger partial charge on any atom is 0.323 e. The topological polar surface area (TPSA) is 597 Å². The number of nitrogens with two attached hydrogens (primary N) is 4. The molecule has 40 nitrogen and oxygen atoms in total. The molecule has 4 aliphatic rings. The smallest absolute Gasteiger partial charge is 0.323 e. The number of aliphatic hydroxyl groups excluding tert-OH is 1. The van der Waals surface area contributed by atoms with Crippen LogP contribution in [0, 0.1) is 11.8 Å². The fraction of sp³-hybridized carbons (Fsp3) is 0.576. The Morgan fingerprint density at radius 2 is 1.11 bits per heavy atom. The van der Waals surface area contributed by atoms with Crippen molar-refractivity contribution in [3.63, 3.8) is 0 Å². The Labute approximate surface area is 766 Å². The van der Waals surface area contributed by atoms with Crippen molar-refractivity contribution in [1.29, 1.82) is 0 Å². The van der Waals surface area contributed by atoms with Crippen molar-refractivity contribution in [2.45, 2.75) is 267 Å². The number of aromatic amines is 1. The molecule has 0 radical (unpaired) electrons. The van der Waals surface area contributed by atoms with Crippen LogP contribution in [0.4, 0.5) is 0 Å². The number of nitrogens with zero attached hydrogens (tertiary/aromatic N) is 6. The third kappa shape index (κ3) is 27.6. The summed E-state index contributed by atoms with van der Waals surface area (Å²) in [5.74, 6) is -16.7. The number of aliphatic hydroxyl groups is 1. The molecule has 0 spiro atoms. The molecule has 6 heterocycles. The zero-order valence-corrected chi connectivity index (χ0v) is 76.2. The summed E-state index contributed by atoms with van der Waals surface area (Å²) in [6.07, 6.45) is 0.696. The lowest BCUT2D eigenvalue weighted by atomic mass is 9.90. The molecule has 14 amide bonds. The summed E-state index contributed by atoms with van der Waals surface area (Å²) in [5.41, 5.74) is 27.4. The summed E-state index contributed by atoms with van der Waals surface area (Å²) in [6.45, 7) is 5.29. The number of methoxy groups -OCH3 is 1. The minimum absolute atomic E-state index is 0.00971. The summed E-state index contributed by atoms with van der Waals surface area (Å²) < 4.78 is 6.83. The van der Waals surface area contributed by atoms with Crippen molar-refractivity contribution in [1.82, 2.24) is 76.6 Å². The first-order valence-electron chi connectivity index (χ1n) is 45.7. The van der Waals surface area contributed by atoms with Crippen molar-refractivity contribution < 1.29 is 102 Å². The number of primary amides is 1. The van der Waals surface area contributed by atoms with Gasteiger partial charge in [0.05, 0.1) is 31.7 Å². The molecule has 40 heteroatoms. The quantitative estimate of drug-likeness (QED) is 0.0363. The van der Waals surface area contributed by atoms with Crippen LogP contribution in [0.25, 0.3) is 21.8 Å². The van der Waals surface area contributed by atoms with Gasteiger partial charge < -0.3 is 120 Å². The molecule has 4 saturated heterocycles. The van der Waals surface area contributed by atoms with Gasteiger partial charge in [-0.2, -0.15) is 0 Å². The minimum Gasteiger partial charge on any atom is -0.497 e. The number of nitrogens with one attached hydrogen (secondary N) is 9. The van der Waals surface area contributed by atoms with Crippen LogP contribution in [0.3, 0.4) is 0 Å². The molecule has 0 aliphatic carbocycles. The third-order valence-electron chi connectivity index (χ3n) is 25.0. The van der Waals surface area contributed by atoms with Crippen molar-refractivity contribution in [2.24, 2.45) is 34.8 Å². The normalized spacial score (nSPS) is 25.7. The van der Waals surface area contributed by atoms with Gasteiger partial charge in [-0.15, -0.1) is 0 Å². The number of piperidine rings is 1. The molecule has 15 atom stereocenters. The van der Waals surface area contributed by atoms with Gasteiger partial charge in [0.15, 0.2) is 5.78 Å². The van der Waals surface area contributed by atoms with E-state index in [9.17, 15) is 58.5 Å². The number of likely N-dealkylation sites (N-methyl/N-ethyl adjacent to an activating group) is 2. The Balaban J connectivity index is 1.09. The highest BCUT2D eigenvalue weighted by Gasteiger charge is 2.47. The Bertz CT molecular complexity index is 4940. The number of benzene rings is 3. The second-order valence-electron chi connectivity index (χ2n) is 35.2. The average Bonchev–Trinajstić information content (AvgIpc) is 1.66. The van der Waals surface area contributed by atoms with E-state index >= 15 is 38.4 Å². The SMILES string of the molecule is CCCC[C@H]1C(=O)N(C)[C@@H](CCCC)C(=O)N[C@@H](CC(C)C)C(=O)NCCC[C@H](N)C(=O)N[C@@H](Cc2ccc(OC)cc2)C(=O)N2CCCC[C@H]2C(=O)N[C@@H](CC(N)=O)C(=O)N2CCC[C@H]2C(=O)N[C@@H](CN)C(=O)N[C@@H](CCC(=O)O)C(=O)N2C[C@H](O)C[C@H]2C(=O)C[C@@H](Cc2c[nH]c3ccccc23)C(=O)N[C@@H](CCN)C(=O)N[C@@H](Cc2cn(CC(=O)O)c3ccccc23)C(=O)N1C. The zero-order valence-electron chi connectivity index (χ0n) is 76.2. The number of aromatic nitrogens is 2. The van der Waals surface area contributed by atoms with Gasteiger partial charge in [0.2, 0.25) is 82.7 Å². The van der Waals surface area contributed by atoms with E-state index in [0.29, 0.717) is 82.8 Å². The van der Waals surface area contributed by atoms with Crippen LogP contribution in [-0.4, -0.2) is 295 Å². The number of H-pyrrole nitrogens is 1. The number of rotatable bonds is 25. The first-order chi connectivity index (χ1) is 63.0. The molecule has 0 unspecified atom stereocenters. The number of Topliss-reactive ketones (excluding diaryl/α,β-unsaturated/α-hetero) is 1. The second kappa shape index (κ2) is 49.2. The summed E-state index contributed by atoms with van der Waals surface area (Å²) >= 11 is 0.